The summed E-state index contributed by atoms with van der Waals surface area (Å²) in [6.45, 7) is 0. The molecule has 0 amide bonds. The zero-order chi connectivity index (χ0) is 16.9. The van der Waals surface area contributed by atoms with Crippen LogP contribution >= 0.6 is 15.9 Å². The molecule has 0 heterocycles. The largest absolute Gasteiger partial charge is 0.454 e. The third kappa shape index (κ3) is 2.50. The van der Waals surface area contributed by atoms with Crippen molar-refractivity contribution in [3.8, 4) is 0 Å². The van der Waals surface area contributed by atoms with Gasteiger partial charge in [-0.15, -0.1) is 0 Å². The average molecular weight is 383 g/mol. The van der Waals surface area contributed by atoms with Gasteiger partial charge in [0.25, 0.3) is 5.78 Å². The van der Waals surface area contributed by atoms with Crippen molar-refractivity contribution >= 4 is 33.3 Å². The number of hydrogen-bond donors (Lipinski definition) is 0. The second kappa shape index (κ2) is 5.13. The summed E-state index contributed by atoms with van der Waals surface area (Å²) in [6, 6.07) is 7.27. The van der Waals surface area contributed by atoms with Crippen molar-refractivity contribution in [3.05, 3.63) is 68.7 Å². The molecular weight excluding hydrogens is 377 g/mol. The normalized spacial score (nSPS) is 13.6. The Kier molecular flexibility index (Phi) is 3.48. The van der Waals surface area contributed by atoms with Crippen molar-refractivity contribution in [2.45, 2.75) is 6.18 Å². The standard InChI is InChI=1S/C16H6BrF3O3/c17-8-2-4-10-12(6-8)14(22)9-3-1-7(5-11(9)13(10)21)15(23)16(18,19)20/h1-6H. The Morgan fingerprint density at radius 1 is 0.826 bits per heavy atom. The quantitative estimate of drug-likeness (QED) is 0.598. The van der Waals surface area contributed by atoms with E-state index in [1.807, 2.05) is 0 Å². The van der Waals surface area contributed by atoms with E-state index in [-0.39, 0.29) is 22.3 Å². The maximum absolute atomic E-state index is 12.5. The predicted molar refractivity (Wildman–Crippen MR) is 77.8 cm³/mol. The first kappa shape index (κ1) is 15.6. The molecule has 0 aromatic heterocycles. The molecular formula is C16H6BrF3O3. The van der Waals surface area contributed by atoms with Crippen molar-refractivity contribution < 1.29 is 27.6 Å². The Hall–Kier alpha value is -2.28. The monoisotopic (exact) mass is 382 g/mol. The molecule has 1 aliphatic carbocycles. The third-order valence-corrected chi connectivity index (χ3v) is 3.99. The first-order chi connectivity index (χ1) is 10.7. The van der Waals surface area contributed by atoms with Crippen LogP contribution in [0, 0.1) is 0 Å². The SMILES string of the molecule is O=C1c2ccc(C(=O)C(F)(F)F)cc2C(=O)c2ccc(Br)cc21. The Morgan fingerprint density at radius 3 is 1.91 bits per heavy atom. The van der Waals surface area contributed by atoms with Gasteiger partial charge in [-0.1, -0.05) is 22.0 Å². The zero-order valence-corrected chi connectivity index (χ0v) is 12.8. The summed E-state index contributed by atoms with van der Waals surface area (Å²) in [6.07, 6.45) is -5.04. The lowest BCUT2D eigenvalue weighted by Gasteiger charge is -2.18. The molecule has 0 unspecified atom stereocenters. The molecule has 1 aliphatic rings. The number of hydrogen-bond acceptors (Lipinski definition) is 3. The second-order valence-electron chi connectivity index (χ2n) is 4.94. The van der Waals surface area contributed by atoms with Gasteiger partial charge in [-0.2, -0.15) is 13.2 Å². The van der Waals surface area contributed by atoms with E-state index in [2.05, 4.69) is 15.9 Å². The fourth-order valence-electron chi connectivity index (χ4n) is 2.43. The van der Waals surface area contributed by atoms with Crippen LogP contribution in [0.5, 0.6) is 0 Å². The van der Waals surface area contributed by atoms with Gasteiger partial charge < -0.3 is 0 Å². The molecule has 2 aromatic rings. The van der Waals surface area contributed by atoms with E-state index in [9.17, 15) is 27.6 Å². The van der Waals surface area contributed by atoms with Crippen LogP contribution in [-0.2, 0) is 0 Å². The molecule has 0 aliphatic heterocycles. The minimum Gasteiger partial charge on any atom is -0.289 e. The lowest BCUT2D eigenvalue weighted by molar-refractivity contribution is -0.0885. The lowest BCUT2D eigenvalue weighted by atomic mass is 9.83. The first-order valence-corrected chi connectivity index (χ1v) is 7.14. The number of fused-ring (bicyclic) bond motifs is 2. The first-order valence-electron chi connectivity index (χ1n) is 6.34. The molecule has 3 rings (SSSR count). The summed E-state index contributed by atoms with van der Waals surface area (Å²) in [5, 5.41) is 0. The number of halogens is 4. The number of carbonyl (C=O) groups is 3. The van der Waals surface area contributed by atoms with Crippen molar-refractivity contribution in [2.75, 3.05) is 0 Å². The molecule has 0 fully saturated rings. The number of rotatable bonds is 1. The van der Waals surface area contributed by atoms with Gasteiger partial charge in [-0.3, -0.25) is 14.4 Å². The van der Waals surface area contributed by atoms with E-state index in [1.165, 1.54) is 12.1 Å². The highest BCUT2D eigenvalue weighted by Crippen LogP contribution is 2.31. The van der Waals surface area contributed by atoms with Gasteiger partial charge in [0.2, 0.25) is 0 Å². The summed E-state index contributed by atoms with van der Waals surface area (Å²) in [4.78, 5) is 36.1. The predicted octanol–water partition coefficient (Wildman–Crippen LogP) is 3.97. The number of carbonyl (C=O) groups excluding carboxylic acids is 3. The van der Waals surface area contributed by atoms with E-state index >= 15 is 0 Å². The van der Waals surface area contributed by atoms with Gasteiger partial charge in [0.05, 0.1) is 0 Å². The summed E-state index contributed by atoms with van der Waals surface area (Å²) in [5.74, 6) is -3.11. The fourth-order valence-corrected chi connectivity index (χ4v) is 2.79. The van der Waals surface area contributed by atoms with Crippen LogP contribution in [0.2, 0.25) is 0 Å². The summed E-state index contributed by atoms with van der Waals surface area (Å²) in [7, 11) is 0. The van der Waals surface area contributed by atoms with Gasteiger partial charge in [-0.25, -0.2) is 0 Å². The molecule has 0 saturated carbocycles. The Morgan fingerprint density at radius 2 is 1.35 bits per heavy atom. The highest BCUT2D eigenvalue weighted by molar-refractivity contribution is 9.10. The number of alkyl halides is 3. The van der Waals surface area contributed by atoms with E-state index in [4.69, 9.17) is 0 Å². The van der Waals surface area contributed by atoms with Crippen LogP contribution in [0.15, 0.2) is 40.9 Å². The van der Waals surface area contributed by atoms with Gasteiger partial charge >= 0.3 is 6.18 Å². The van der Waals surface area contributed by atoms with Crippen LogP contribution in [0.4, 0.5) is 13.2 Å². The van der Waals surface area contributed by atoms with Crippen LogP contribution in [-0.4, -0.2) is 23.5 Å². The topological polar surface area (TPSA) is 51.2 Å². The molecule has 7 heteroatoms. The molecule has 0 saturated heterocycles. The van der Waals surface area contributed by atoms with Crippen molar-refractivity contribution in [1.29, 1.82) is 0 Å². The molecule has 0 radical (unpaired) electrons. The smallest absolute Gasteiger partial charge is 0.289 e. The molecule has 0 atom stereocenters. The van der Waals surface area contributed by atoms with E-state index in [0.29, 0.717) is 4.47 Å². The second-order valence-corrected chi connectivity index (χ2v) is 5.85. The maximum atomic E-state index is 12.5. The van der Waals surface area contributed by atoms with E-state index in [0.717, 1.165) is 18.2 Å². The molecule has 2 aromatic carbocycles. The maximum Gasteiger partial charge on any atom is 0.454 e. The molecule has 0 bridgehead atoms. The Bertz CT molecular complexity index is 885. The van der Waals surface area contributed by atoms with Crippen molar-refractivity contribution in [3.63, 3.8) is 0 Å². The van der Waals surface area contributed by atoms with Gasteiger partial charge in [0.1, 0.15) is 0 Å². The van der Waals surface area contributed by atoms with Crippen LogP contribution in [0.25, 0.3) is 0 Å². The van der Waals surface area contributed by atoms with Crippen LogP contribution in [0.1, 0.15) is 42.2 Å². The lowest BCUT2D eigenvalue weighted by Crippen LogP contribution is -2.25. The molecule has 116 valence electrons. The fraction of sp³-hybridized carbons (Fsp3) is 0.0625. The Labute approximate surface area is 136 Å². The minimum absolute atomic E-state index is 0.0145. The third-order valence-electron chi connectivity index (χ3n) is 3.50. The summed E-state index contributed by atoms with van der Waals surface area (Å²) >= 11 is 3.20. The van der Waals surface area contributed by atoms with Crippen LogP contribution < -0.4 is 0 Å². The summed E-state index contributed by atoms with van der Waals surface area (Å²) < 4.78 is 38.2. The zero-order valence-electron chi connectivity index (χ0n) is 11.2. The Balaban J connectivity index is 2.16. The van der Waals surface area contributed by atoms with E-state index < -0.39 is 29.1 Å². The van der Waals surface area contributed by atoms with E-state index in [1.54, 1.807) is 6.07 Å². The molecule has 3 nitrogen and oxygen atoms in total. The molecule has 0 spiro atoms. The molecule has 23 heavy (non-hydrogen) atoms. The van der Waals surface area contributed by atoms with Gasteiger partial charge in [-0.05, 0) is 30.3 Å². The average Bonchev–Trinajstić information content (AvgIpc) is 2.50. The minimum atomic E-state index is -5.04. The highest BCUT2D eigenvalue weighted by atomic mass is 79.9. The van der Waals surface area contributed by atoms with Gasteiger partial charge in [0, 0.05) is 32.3 Å². The highest BCUT2D eigenvalue weighted by Gasteiger charge is 2.40. The number of ketones is 3. The van der Waals surface area contributed by atoms with Crippen LogP contribution in [0.3, 0.4) is 0 Å². The van der Waals surface area contributed by atoms with Gasteiger partial charge in [0.15, 0.2) is 11.6 Å². The number of benzene rings is 2. The summed E-state index contributed by atoms with van der Waals surface area (Å²) in [5.41, 5.74) is -0.605. The molecule has 0 N–H and O–H groups in total. The van der Waals surface area contributed by atoms with Crippen molar-refractivity contribution in [1.82, 2.24) is 0 Å². The number of Topliss-reactive ketones (excluding diaryl/α,β-unsaturated/α-hetero) is 1. The van der Waals surface area contributed by atoms with Crippen molar-refractivity contribution in [2.24, 2.45) is 0 Å².